The van der Waals surface area contributed by atoms with Crippen molar-refractivity contribution in [2.75, 3.05) is 0 Å². The van der Waals surface area contributed by atoms with Gasteiger partial charge < -0.3 is 12.4 Å². The van der Waals surface area contributed by atoms with Crippen molar-refractivity contribution < 1.29 is 30.8 Å². The number of nitrogens with zero attached hydrogens (tertiary/aromatic N) is 1. The number of hydrogen-bond donors (Lipinski definition) is 2. The van der Waals surface area contributed by atoms with Crippen LogP contribution in [0.2, 0.25) is 0 Å². The molecule has 2 heterocycles. The minimum Gasteiger partial charge on any atom is -1.00 e. The number of carbonyl (C=O) groups is 1. The molecule has 1 saturated carbocycles. The molecule has 1 aliphatic carbocycles. The summed E-state index contributed by atoms with van der Waals surface area (Å²) in [5, 5.41) is 20.2. The standard InChI is InChI=1S/C14H14BrNO3Se.ClH/c15-11-9-5-4-6-10(13(17)18)16(9)20-12(11)14(19)7-2-1-3-8-14;/h4-6,19H,1-3,7-8H2;1H. The van der Waals surface area contributed by atoms with Crippen LogP contribution in [0.1, 0.15) is 47.0 Å². The first-order valence-corrected chi connectivity index (χ1v) is 9.04. The Hall–Kier alpha value is -0.391. The summed E-state index contributed by atoms with van der Waals surface area (Å²) in [5.41, 5.74) is 0.381. The van der Waals surface area contributed by atoms with Crippen molar-refractivity contribution >= 4 is 42.1 Å². The van der Waals surface area contributed by atoms with Gasteiger partial charge in [0, 0.05) is 0 Å². The largest absolute Gasteiger partial charge is 1.00 e. The number of halogens is 2. The molecule has 0 amide bonds. The summed E-state index contributed by atoms with van der Waals surface area (Å²) >= 11 is 3.38. The van der Waals surface area contributed by atoms with E-state index in [9.17, 15) is 15.0 Å². The van der Waals surface area contributed by atoms with E-state index in [0.717, 1.165) is 40.1 Å². The van der Waals surface area contributed by atoms with Gasteiger partial charge in [-0.3, -0.25) is 0 Å². The van der Waals surface area contributed by atoms with Crippen LogP contribution in [0.15, 0.2) is 22.7 Å². The minimum atomic E-state index is -0.925. The zero-order valence-corrected chi connectivity index (χ0v) is 15.2. The van der Waals surface area contributed by atoms with Gasteiger partial charge in [0.2, 0.25) is 0 Å². The molecule has 2 aromatic heterocycles. The molecule has 0 saturated heterocycles. The van der Waals surface area contributed by atoms with Crippen LogP contribution in [-0.2, 0) is 5.60 Å². The third-order valence-electron chi connectivity index (χ3n) is 3.88. The Labute approximate surface area is 143 Å². The fourth-order valence-corrected chi connectivity index (χ4v) is 6.71. The van der Waals surface area contributed by atoms with E-state index in [1.54, 1.807) is 12.1 Å². The SMILES string of the molecule is O=C(O)c1cccc2c(Br)c(C3(O)CCCCC3)[se][n+]12.[Cl-]. The quantitative estimate of drug-likeness (QED) is 0.597. The van der Waals surface area contributed by atoms with Gasteiger partial charge in [-0.1, -0.05) is 0 Å². The summed E-state index contributed by atoms with van der Waals surface area (Å²) in [6.45, 7) is 0. The first-order valence-electron chi connectivity index (χ1n) is 6.63. The molecule has 3 rings (SSSR count). The molecule has 2 N–H and O–H groups in total. The van der Waals surface area contributed by atoms with Crippen LogP contribution in [0, 0.1) is 0 Å². The molecule has 7 heteroatoms. The van der Waals surface area contributed by atoms with Crippen molar-refractivity contribution in [3.63, 3.8) is 0 Å². The molecule has 0 spiro atoms. The monoisotopic (exact) mass is 439 g/mol. The predicted molar refractivity (Wildman–Crippen MR) is 78.2 cm³/mol. The fourth-order valence-electron chi connectivity index (χ4n) is 2.82. The van der Waals surface area contributed by atoms with Gasteiger partial charge in [-0.05, 0) is 0 Å². The van der Waals surface area contributed by atoms with E-state index in [1.165, 1.54) is 6.42 Å². The second-order valence-corrected chi connectivity index (χ2v) is 8.02. The topological polar surface area (TPSA) is 61.6 Å². The number of fused-ring (bicyclic) bond motifs is 1. The molecule has 0 bridgehead atoms. The number of rotatable bonds is 2. The average molecular weight is 440 g/mol. The Morgan fingerprint density at radius 2 is 1.95 bits per heavy atom. The van der Waals surface area contributed by atoms with E-state index in [4.69, 9.17) is 0 Å². The summed E-state index contributed by atoms with van der Waals surface area (Å²) in [6.07, 6.45) is 4.78. The molecule has 0 aliphatic heterocycles. The number of aliphatic hydroxyl groups is 1. The zero-order chi connectivity index (χ0) is 14.3. The number of aromatic nitrogens is 1. The maximum atomic E-state index is 11.3. The number of pyridine rings is 1. The van der Waals surface area contributed by atoms with Crippen molar-refractivity contribution in [3.05, 3.63) is 32.8 Å². The van der Waals surface area contributed by atoms with Crippen LogP contribution in [0.3, 0.4) is 0 Å². The Morgan fingerprint density at radius 1 is 1.29 bits per heavy atom. The van der Waals surface area contributed by atoms with E-state index >= 15 is 0 Å². The summed E-state index contributed by atoms with van der Waals surface area (Å²) in [5.74, 6) is -0.925. The van der Waals surface area contributed by atoms with Crippen LogP contribution >= 0.6 is 15.9 Å². The average Bonchev–Trinajstić information content (AvgIpc) is 2.78. The van der Waals surface area contributed by atoms with Crippen LogP contribution < -0.4 is 15.8 Å². The molecular weight excluding hydrogens is 424 g/mol. The molecule has 114 valence electrons. The van der Waals surface area contributed by atoms with Crippen molar-refractivity contribution in [3.8, 4) is 0 Å². The van der Waals surface area contributed by atoms with Crippen molar-refractivity contribution in [1.82, 2.24) is 0 Å². The molecular formula is C14H15BrClNO3Se. The van der Waals surface area contributed by atoms with Crippen molar-refractivity contribution in [2.24, 2.45) is 0 Å². The number of hydrogen-bond acceptors (Lipinski definition) is 2. The van der Waals surface area contributed by atoms with Crippen LogP contribution in [0.4, 0.5) is 0 Å². The molecule has 0 unspecified atom stereocenters. The van der Waals surface area contributed by atoms with Gasteiger partial charge in [-0.25, -0.2) is 0 Å². The van der Waals surface area contributed by atoms with Crippen LogP contribution in [0.5, 0.6) is 0 Å². The van der Waals surface area contributed by atoms with Gasteiger partial charge in [0.05, 0.1) is 0 Å². The number of carboxylic acids is 1. The Kier molecular flexibility index (Phi) is 5.16. The molecule has 0 radical (unpaired) electrons. The van der Waals surface area contributed by atoms with Crippen LogP contribution in [0.25, 0.3) is 5.52 Å². The Balaban J connectivity index is 0.00000161. The van der Waals surface area contributed by atoms with E-state index in [0.29, 0.717) is 0 Å². The van der Waals surface area contributed by atoms with Crippen LogP contribution in [-0.4, -0.2) is 30.9 Å². The Morgan fingerprint density at radius 3 is 2.57 bits per heavy atom. The number of carboxylic acid groups (broad SMARTS) is 1. The van der Waals surface area contributed by atoms with Gasteiger partial charge in [-0.15, -0.1) is 0 Å². The molecule has 0 atom stereocenters. The minimum absolute atomic E-state index is 0. The molecule has 2 aromatic rings. The smallest absolute Gasteiger partial charge is 1.00 e. The molecule has 1 aliphatic rings. The van der Waals surface area contributed by atoms with Gasteiger partial charge >= 0.3 is 131 Å². The summed E-state index contributed by atoms with van der Waals surface area (Å²) in [6, 6.07) is 5.26. The Bertz CT molecular complexity index is 682. The van der Waals surface area contributed by atoms with E-state index < -0.39 is 11.6 Å². The van der Waals surface area contributed by atoms with Gasteiger partial charge in [0.25, 0.3) is 0 Å². The maximum Gasteiger partial charge on any atom is -1.00 e. The van der Waals surface area contributed by atoms with Gasteiger partial charge in [0.1, 0.15) is 0 Å². The van der Waals surface area contributed by atoms with Gasteiger partial charge in [0.15, 0.2) is 0 Å². The van der Waals surface area contributed by atoms with E-state index in [1.807, 2.05) is 9.46 Å². The second kappa shape index (κ2) is 6.39. The third-order valence-corrected chi connectivity index (χ3v) is 8.09. The van der Waals surface area contributed by atoms with Crippen molar-refractivity contribution in [1.29, 1.82) is 0 Å². The normalized spacial score (nSPS) is 17.4. The first-order chi connectivity index (χ1) is 9.53. The zero-order valence-electron chi connectivity index (χ0n) is 11.2. The number of aromatic carboxylic acids is 1. The van der Waals surface area contributed by atoms with E-state index in [2.05, 4.69) is 15.9 Å². The summed E-state index contributed by atoms with van der Waals surface area (Å²) in [4.78, 5) is 11.3. The first kappa shape index (κ1) is 17.0. The summed E-state index contributed by atoms with van der Waals surface area (Å²) < 4.78 is 3.69. The predicted octanol–water partition coefficient (Wildman–Crippen LogP) is -0.901. The molecule has 1 fully saturated rings. The summed E-state index contributed by atoms with van der Waals surface area (Å²) in [7, 11) is 0. The third kappa shape index (κ3) is 2.92. The second-order valence-electron chi connectivity index (χ2n) is 5.22. The molecule has 0 aromatic carbocycles. The van der Waals surface area contributed by atoms with E-state index in [-0.39, 0.29) is 32.8 Å². The molecule has 4 nitrogen and oxygen atoms in total. The van der Waals surface area contributed by atoms with Crippen molar-refractivity contribution in [2.45, 2.75) is 37.7 Å². The molecule has 21 heavy (non-hydrogen) atoms. The fraction of sp³-hybridized carbons (Fsp3) is 0.429. The van der Waals surface area contributed by atoms with Gasteiger partial charge in [-0.2, -0.15) is 0 Å². The maximum absolute atomic E-state index is 11.3.